The van der Waals surface area contributed by atoms with Crippen LogP contribution in [0.25, 0.3) is 16.7 Å². The first-order valence-corrected chi connectivity index (χ1v) is 11.2. The van der Waals surface area contributed by atoms with Crippen molar-refractivity contribution in [3.63, 3.8) is 0 Å². The minimum atomic E-state index is -0.550. The zero-order valence-electron chi connectivity index (χ0n) is 18.3. The highest BCUT2D eigenvalue weighted by Gasteiger charge is 2.19. The van der Waals surface area contributed by atoms with Crippen LogP contribution in [0.3, 0.4) is 0 Å². The van der Waals surface area contributed by atoms with Gasteiger partial charge in [-0.1, -0.05) is 48.0 Å². The summed E-state index contributed by atoms with van der Waals surface area (Å²) in [6.45, 7) is 0.0101. The molecule has 176 valence electrons. The van der Waals surface area contributed by atoms with E-state index in [0.29, 0.717) is 21.5 Å². The molecule has 8 nitrogen and oxygen atoms in total. The van der Waals surface area contributed by atoms with Crippen molar-refractivity contribution in [2.75, 3.05) is 0 Å². The van der Waals surface area contributed by atoms with Gasteiger partial charge in [-0.05, 0) is 47.5 Å². The molecular weight excluding hydrogens is 473 g/mol. The minimum absolute atomic E-state index is 0.0761. The fraction of sp³-hybridized carbons (Fsp3) is 0.120. The molecular formula is C25H19ClFN5O3. The molecule has 35 heavy (non-hydrogen) atoms. The van der Waals surface area contributed by atoms with Crippen LogP contribution < -0.4 is 16.6 Å². The average Bonchev–Trinajstić information content (AvgIpc) is 3.18. The van der Waals surface area contributed by atoms with Gasteiger partial charge < -0.3 is 5.32 Å². The molecule has 2 aromatic heterocycles. The van der Waals surface area contributed by atoms with Crippen molar-refractivity contribution < 1.29 is 9.18 Å². The number of benzene rings is 3. The maximum atomic E-state index is 13.4. The summed E-state index contributed by atoms with van der Waals surface area (Å²) in [5.41, 5.74) is 1.01. The van der Waals surface area contributed by atoms with Crippen molar-refractivity contribution >= 4 is 34.2 Å². The second-order valence-corrected chi connectivity index (χ2v) is 8.45. The third kappa shape index (κ3) is 4.45. The number of hydrogen-bond donors (Lipinski definition) is 1. The molecule has 0 unspecified atom stereocenters. The highest BCUT2D eigenvalue weighted by molar-refractivity contribution is 6.30. The molecule has 5 rings (SSSR count). The smallest absolute Gasteiger partial charge is 0.350 e. The summed E-state index contributed by atoms with van der Waals surface area (Å²) >= 11 is 5.88. The zero-order valence-corrected chi connectivity index (χ0v) is 19.1. The Balaban J connectivity index is 1.53. The Kier molecular flexibility index (Phi) is 5.92. The summed E-state index contributed by atoms with van der Waals surface area (Å²) in [5.74, 6) is -0.717. The van der Waals surface area contributed by atoms with Gasteiger partial charge in [-0.25, -0.2) is 18.3 Å². The van der Waals surface area contributed by atoms with E-state index in [4.69, 9.17) is 11.6 Å². The largest absolute Gasteiger partial charge is 0.352 e. The second kappa shape index (κ2) is 9.19. The summed E-state index contributed by atoms with van der Waals surface area (Å²) < 4.78 is 17.0. The molecule has 0 aliphatic carbocycles. The molecule has 0 aliphatic rings. The quantitative estimate of drug-likeness (QED) is 0.395. The highest BCUT2D eigenvalue weighted by atomic mass is 35.5. The molecule has 3 aromatic carbocycles. The standard InChI is InChI=1S/C25H19ClFN5O3/c26-18-9-5-16(6-10-18)13-28-22(33)15-31-25(35)32-21-4-2-1-3-20(21)23(34)30(24(32)29-31)14-17-7-11-19(27)12-8-17/h1-12H,13-15H2,(H,28,33). The van der Waals surface area contributed by atoms with Gasteiger partial charge in [0.15, 0.2) is 0 Å². The molecule has 10 heteroatoms. The van der Waals surface area contributed by atoms with Crippen molar-refractivity contribution in [1.29, 1.82) is 0 Å². The average molecular weight is 492 g/mol. The van der Waals surface area contributed by atoms with Crippen molar-refractivity contribution in [2.24, 2.45) is 0 Å². The molecule has 0 fully saturated rings. The van der Waals surface area contributed by atoms with Crippen LogP contribution in [0.4, 0.5) is 4.39 Å². The first kappa shape index (κ1) is 22.5. The number of carbonyl (C=O) groups excluding carboxylic acids is 1. The van der Waals surface area contributed by atoms with Gasteiger partial charge in [0.25, 0.3) is 5.56 Å². The van der Waals surface area contributed by atoms with Crippen LogP contribution in [0.5, 0.6) is 0 Å². The summed E-state index contributed by atoms with van der Waals surface area (Å²) in [4.78, 5) is 39.1. The van der Waals surface area contributed by atoms with Crippen LogP contribution >= 0.6 is 11.6 Å². The molecule has 0 atom stereocenters. The number of nitrogens with one attached hydrogen (secondary N) is 1. The normalized spacial score (nSPS) is 11.3. The number of halogens is 2. The van der Waals surface area contributed by atoms with E-state index in [1.807, 2.05) is 0 Å². The van der Waals surface area contributed by atoms with Gasteiger partial charge in [-0.15, -0.1) is 5.10 Å². The van der Waals surface area contributed by atoms with E-state index in [2.05, 4.69) is 10.4 Å². The predicted molar refractivity (Wildman–Crippen MR) is 130 cm³/mol. The molecule has 1 amide bonds. The first-order chi connectivity index (χ1) is 16.9. The topological polar surface area (TPSA) is 90.4 Å². The number of carbonyl (C=O) groups is 1. The molecule has 2 heterocycles. The summed E-state index contributed by atoms with van der Waals surface area (Å²) in [5, 5.41) is 8.00. The Morgan fingerprint density at radius 2 is 1.63 bits per heavy atom. The maximum absolute atomic E-state index is 13.4. The molecule has 0 spiro atoms. The molecule has 0 radical (unpaired) electrons. The molecule has 5 aromatic rings. The van der Waals surface area contributed by atoms with Gasteiger partial charge in [-0.2, -0.15) is 0 Å². The Morgan fingerprint density at radius 1 is 0.943 bits per heavy atom. The van der Waals surface area contributed by atoms with E-state index in [9.17, 15) is 18.8 Å². The van der Waals surface area contributed by atoms with Crippen LogP contribution in [0.2, 0.25) is 5.02 Å². The summed E-state index contributed by atoms with van der Waals surface area (Å²) in [6.07, 6.45) is 0. The number of hydrogen-bond acceptors (Lipinski definition) is 4. The van der Waals surface area contributed by atoms with Gasteiger partial charge in [-0.3, -0.25) is 14.2 Å². The fourth-order valence-corrected chi connectivity index (χ4v) is 4.01. The monoisotopic (exact) mass is 491 g/mol. The van der Waals surface area contributed by atoms with Crippen LogP contribution in [0, 0.1) is 5.82 Å². The van der Waals surface area contributed by atoms with Gasteiger partial charge in [0.1, 0.15) is 12.4 Å². The van der Waals surface area contributed by atoms with E-state index in [0.717, 1.165) is 10.2 Å². The van der Waals surface area contributed by atoms with Crippen LogP contribution in [0.15, 0.2) is 82.4 Å². The van der Waals surface area contributed by atoms with Crippen LogP contribution in [-0.2, 0) is 24.4 Å². The Bertz CT molecular complexity index is 1670. The molecule has 0 bridgehead atoms. The number of nitrogens with zero attached hydrogens (tertiary/aromatic N) is 4. The van der Waals surface area contributed by atoms with E-state index in [-0.39, 0.29) is 31.0 Å². The minimum Gasteiger partial charge on any atom is -0.350 e. The van der Waals surface area contributed by atoms with Crippen molar-refractivity contribution in [2.45, 2.75) is 19.6 Å². The summed E-state index contributed by atoms with van der Waals surface area (Å²) in [6, 6.07) is 19.5. The molecule has 0 saturated carbocycles. The third-order valence-corrected chi connectivity index (χ3v) is 5.89. The lowest BCUT2D eigenvalue weighted by Gasteiger charge is -2.09. The Labute approximate surface area is 202 Å². The Morgan fingerprint density at radius 3 is 2.37 bits per heavy atom. The van der Waals surface area contributed by atoms with E-state index in [1.165, 1.54) is 21.1 Å². The SMILES string of the molecule is O=C(Cn1nc2n(Cc3ccc(F)cc3)c(=O)c3ccccc3n2c1=O)NCc1ccc(Cl)cc1. The molecule has 0 aliphatic heterocycles. The van der Waals surface area contributed by atoms with Gasteiger partial charge in [0, 0.05) is 11.6 Å². The Hall–Kier alpha value is -4.24. The number of aromatic nitrogens is 4. The molecule has 1 N–H and O–H groups in total. The number of para-hydroxylation sites is 1. The highest BCUT2D eigenvalue weighted by Crippen LogP contribution is 2.13. The fourth-order valence-electron chi connectivity index (χ4n) is 3.88. The predicted octanol–water partition coefficient (Wildman–Crippen LogP) is 2.97. The zero-order chi connectivity index (χ0) is 24.5. The summed E-state index contributed by atoms with van der Waals surface area (Å²) in [7, 11) is 0. The van der Waals surface area contributed by atoms with E-state index >= 15 is 0 Å². The van der Waals surface area contributed by atoms with Gasteiger partial charge in [0.2, 0.25) is 11.7 Å². The first-order valence-electron chi connectivity index (χ1n) is 10.8. The molecule has 0 saturated heterocycles. The van der Waals surface area contributed by atoms with E-state index < -0.39 is 17.4 Å². The van der Waals surface area contributed by atoms with Crippen molar-refractivity contribution in [3.05, 3.63) is 116 Å². The van der Waals surface area contributed by atoms with Crippen molar-refractivity contribution in [1.82, 2.24) is 24.1 Å². The van der Waals surface area contributed by atoms with Crippen LogP contribution in [-0.4, -0.2) is 24.7 Å². The van der Waals surface area contributed by atoms with Crippen LogP contribution in [0.1, 0.15) is 11.1 Å². The van der Waals surface area contributed by atoms with Gasteiger partial charge >= 0.3 is 5.69 Å². The second-order valence-electron chi connectivity index (χ2n) is 8.01. The lowest BCUT2D eigenvalue weighted by molar-refractivity contribution is -0.122. The third-order valence-electron chi connectivity index (χ3n) is 5.63. The number of amides is 1. The van der Waals surface area contributed by atoms with E-state index in [1.54, 1.807) is 60.7 Å². The lowest BCUT2D eigenvalue weighted by atomic mass is 10.2. The number of fused-ring (bicyclic) bond motifs is 3. The lowest BCUT2D eigenvalue weighted by Crippen LogP contribution is -2.32. The van der Waals surface area contributed by atoms with Crippen molar-refractivity contribution in [3.8, 4) is 0 Å². The maximum Gasteiger partial charge on any atom is 0.352 e. The van der Waals surface area contributed by atoms with Gasteiger partial charge in [0.05, 0.1) is 17.4 Å². The number of rotatable bonds is 6.